The van der Waals surface area contributed by atoms with Crippen LogP contribution in [0.2, 0.25) is 0 Å². The number of nitro benzene ring substituents is 1. The van der Waals surface area contributed by atoms with Crippen molar-refractivity contribution in [2.24, 2.45) is 0 Å². The second-order valence-electron chi connectivity index (χ2n) is 5.53. The summed E-state index contributed by atoms with van der Waals surface area (Å²) >= 11 is 0. The minimum atomic E-state index is -0.538. The first-order valence-corrected chi connectivity index (χ1v) is 7.94. The fourth-order valence-corrected chi connectivity index (χ4v) is 2.41. The summed E-state index contributed by atoms with van der Waals surface area (Å²) in [4.78, 5) is 26.8. The highest BCUT2D eigenvalue weighted by Gasteiger charge is 2.15. The molecule has 4 aromatic rings. The largest absolute Gasteiger partial charge is 0.293 e. The third kappa shape index (κ3) is 3.29. The van der Waals surface area contributed by atoms with Crippen molar-refractivity contribution in [2.45, 2.75) is 0 Å². The number of rotatable bonds is 5. The lowest BCUT2D eigenvalue weighted by Gasteiger charge is -2.11. The summed E-state index contributed by atoms with van der Waals surface area (Å²) in [6, 6.07) is 14.4. The third-order valence-electron chi connectivity index (χ3n) is 3.75. The average Bonchev–Trinajstić information content (AvgIpc) is 3.19. The summed E-state index contributed by atoms with van der Waals surface area (Å²) in [5, 5.41) is 26.0. The van der Waals surface area contributed by atoms with Gasteiger partial charge >= 0.3 is 0 Å². The molecule has 0 spiro atoms. The van der Waals surface area contributed by atoms with Crippen LogP contribution in [-0.2, 0) is 0 Å². The molecule has 0 aliphatic carbocycles. The van der Waals surface area contributed by atoms with Gasteiger partial charge in [-0.25, -0.2) is 0 Å². The Labute approximate surface area is 156 Å². The zero-order valence-corrected chi connectivity index (χ0v) is 14.1. The van der Waals surface area contributed by atoms with Crippen LogP contribution in [0.5, 0.6) is 0 Å². The standard InChI is InChI=1S/C16H11N9O3/c26-15(11-6-8-12(9-7-11)25(27)28)19-18-14-13(10-4-2-1-3-5-10)21-24-16(17-14)20-22-23-24/h1-9H,(H,19,26)(H,17,18,20,23). The van der Waals surface area contributed by atoms with E-state index < -0.39 is 10.8 Å². The van der Waals surface area contributed by atoms with Crippen LogP contribution in [0.3, 0.4) is 0 Å². The molecule has 0 saturated carbocycles. The SMILES string of the molecule is O=C(NNc1nc2nnnn2nc1-c1ccccc1)c1ccc([N+](=O)[O-])cc1. The molecule has 138 valence electrons. The Bertz CT molecular complexity index is 1160. The van der Waals surface area contributed by atoms with E-state index in [0.29, 0.717) is 5.69 Å². The number of hydrogen-bond donors (Lipinski definition) is 2. The lowest BCUT2D eigenvalue weighted by molar-refractivity contribution is -0.384. The van der Waals surface area contributed by atoms with Crippen molar-refractivity contribution in [3.05, 3.63) is 70.3 Å². The van der Waals surface area contributed by atoms with Gasteiger partial charge in [0, 0.05) is 23.3 Å². The fraction of sp³-hybridized carbons (Fsp3) is 0. The first-order chi connectivity index (χ1) is 13.6. The normalized spacial score (nSPS) is 10.6. The summed E-state index contributed by atoms with van der Waals surface area (Å²) in [7, 11) is 0. The number of benzene rings is 2. The van der Waals surface area contributed by atoms with Crippen LogP contribution in [0, 0.1) is 10.1 Å². The molecular formula is C16H11N9O3. The second-order valence-corrected chi connectivity index (χ2v) is 5.53. The van der Waals surface area contributed by atoms with Gasteiger partial charge in [-0.05, 0) is 22.6 Å². The van der Waals surface area contributed by atoms with Crippen molar-refractivity contribution in [1.82, 2.24) is 35.7 Å². The van der Waals surface area contributed by atoms with E-state index in [-0.39, 0.29) is 22.8 Å². The van der Waals surface area contributed by atoms with Crippen LogP contribution in [0.15, 0.2) is 54.6 Å². The van der Waals surface area contributed by atoms with Gasteiger partial charge in [-0.1, -0.05) is 40.1 Å². The molecule has 0 aliphatic heterocycles. The number of hydrazine groups is 1. The molecular weight excluding hydrogens is 366 g/mol. The van der Waals surface area contributed by atoms with Crippen molar-refractivity contribution >= 4 is 23.2 Å². The number of non-ortho nitro benzene ring substituents is 1. The Morgan fingerprint density at radius 1 is 1.07 bits per heavy atom. The van der Waals surface area contributed by atoms with Crippen LogP contribution < -0.4 is 10.9 Å². The fourth-order valence-electron chi connectivity index (χ4n) is 2.41. The van der Waals surface area contributed by atoms with Crippen molar-refractivity contribution in [1.29, 1.82) is 0 Å². The zero-order chi connectivity index (χ0) is 19.5. The van der Waals surface area contributed by atoms with Crippen molar-refractivity contribution in [2.75, 3.05) is 5.43 Å². The van der Waals surface area contributed by atoms with E-state index >= 15 is 0 Å². The number of nitrogens with one attached hydrogen (secondary N) is 2. The predicted octanol–water partition coefficient (Wildman–Crippen LogP) is 1.25. The number of amides is 1. The van der Waals surface area contributed by atoms with Crippen molar-refractivity contribution in [3.63, 3.8) is 0 Å². The van der Waals surface area contributed by atoms with E-state index in [9.17, 15) is 14.9 Å². The van der Waals surface area contributed by atoms with E-state index in [4.69, 9.17) is 0 Å². The van der Waals surface area contributed by atoms with Crippen LogP contribution >= 0.6 is 0 Å². The van der Waals surface area contributed by atoms with E-state index in [1.165, 1.54) is 28.9 Å². The van der Waals surface area contributed by atoms with Gasteiger partial charge in [0.15, 0.2) is 5.82 Å². The Balaban J connectivity index is 1.60. The summed E-state index contributed by atoms with van der Waals surface area (Å²) in [6.07, 6.45) is 0. The molecule has 0 radical (unpaired) electrons. The monoisotopic (exact) mass is 377 g/mol. The number of hydrogen-bond acceptors (Lipinski definition) is 9. The smallest absolute Gasteiger partial charge is 0.280 e. The molecule has 0 unspecified atom stereocenters. The highest BCUT2D eigenvalue weighted by Crippen LogP contribution is 2.23. The number of nitro groups is 1. The maximum absolute atomic E-state index is 12.3. The molecule has 28 heavy (non-hydrogen) atoms. The molecule has 4 rings (SSSR count). The molecule has 0 saturated heterocycles. The van der Waals surface area contributed by atoms with Gasteiger partial charge in [0.25, 0.3) is 17.4 Å². The summed E-state index contributed by atoms with van der Waals surface area (Å²) in [6.45, 7) is 0. The average molecular weight is 377 g/mol. The maximum Gasteiger partial charge on any atom is 0.293 e. The molecule has 0 atom stereocenters. The Hall–Kier alpha value is -4.48. The van der Waals surface area contributed by atoms with Gasteiger partial charge in [-0.3, -0.25) is 25.8 Å². The van der Waals surface area contributed by atoms with Gasteiger partial charge in [0.1, 0.15) is 5.69 Å². The molecule has 1 amide bonds. The number of aromatic nitrogens is 6. The molecule has 0 aliphatic rings. The maximum atomic E-state index is 12.3. The molecule has 0 fully saturated rings. The molecule has 0 bridgehead atoms. The molecule has 2 heterocycles. The second kappa shape index (κ2) is 7.03. The van der Waals surface area contributed by atoms with Gasteiger partial charge in [-0.15, -0.1) is 5.10 Å². The highest BCUT2D eigenvalue weighted by molar-refractivity contribution is 5.95. The third-order valence-corrected chi connectivity index (χ3v) is 3.75. The summed E-state index contributed by atoms with van der Waals surface area (Å²) in [5.74, 6) is -0.120. The quantitative estimate of drug-likeness (QED) is 0.386. The number of carbonyl (C=O) groups is 1. The molecule has 2 N–H and O–H groups in total. The Kier molecular flexibility index (Phi) is 4.26. The number of nitrogens with zero attached hydrogens (tertiary/aromatic N) is 7. The minimum absolute atomic E-state index is 0.105. The van der Waals surface area contributed by atoms with Gasteiger partial charge in [0.05, 0.1) is 4.92 Å². The van der Waals surface area contributed by atoms with Crippen molar-refractivity contribution in [3.8, 4) is 11.3 Å². The van der Waals surface area contributed by atoms with Gasteiger partial charge < -0.3 is 0 Å². The van der Waals surface area contributed by atoms with Crippen LogP contribution in [0.4, 0.5) is 11.5 Å². The summed E-state index contributed by atoms with van der Waals surface area (Å²) < 4.78 is 1.17. The van der Waals surface area contributed by atoms with Crippen LogP contribution in [0.1, 0.15) is 10.4 Å². The first-order valence-electron chi connectivity index (χ1n) is 7.94. The van der Waals surface area contributed by atoms with Crippen molar-refractivity contribution < 1.29 is 9.72 Å². The van der Waals surface area contributed by atoms with E-state index in [1.54, 1.807) is 0 Å². The molecule has 12 heteroatoms. The zero-order valence-electron chi connectivity index (χ0n) is 14.1. The van der Waals surface area contributed by atoms with Gasteiger partial charge in [-0.2, -0.15) is 4.98 Å². The lowest BCUT2D eigenvalue weighted by Crippen LogP contribution is -2.30. The molecule has 2 aromatic carbocycles. The Morgan fingerprint density at radius 3 is 2.54 bits per heavy atom. The van der Waals surface area contributed by atoms with E-state index in [2.05, 4.69) is 36.5 Å². The number of fused-ring (bicyclic) bond motifs is 1. The topological polar surface area (TPSA) is 153 Å². The van der Waals surface area contributed by atoms with E-state index in [1.807, 2.05) is 30.3 Å². The summed E-state index contributed by atoms with van der Waals surface area (Å²) in [5.41, 5.74) is 6.49. The molecule has 12 nitrogen and oxygen atoms in total. The Morgan fingerprint density at radius 2 is 1.82 bits per heavy atom. The number of anilines is 1. The van der Waals surface area contributed by atoms with Crippen LogP contribution in [-0.4, -0.2) is 41.1 Å². The predicted molar refractivity (Wildman–Crippen MR) is 96.0 cm³/mol. The van der Waals surface area contributed by atoms with Gasteiger partial charge in [0.2, 0.25) is 0 Å². The first kappa shape index (κ1) is 17.0. The number of carbonyl (C=O) groups excluding carboxylic acids is 1. The lowest BCUT2D eigenvalue weighted by atomic mass is 10.1. The number of tetrazole rings is 1. The molecule has 2 aromatic heterocycles. The minimum Gasteiger partial charge on any atom is -0.280 e. The van der Waals surface area contributed by atoms with Crippen LogP contribution in [0.25, 0.3) is 17.0 Å². The highest BCUT2D eigenvalue weighted by atomic mass is 16.6. The van der Waals surface area contributed by atoms with E-state index in [0.717, 1.165) is 5.56 Å².